The first-order valence-corrected chi connectivity index (χ1v) is 6.88. The molecule has 9 heteroatoms. The molecular formula is C16H12N2O7. The van der Waals surface area contributed by atoms with Crippen LogP contribution in [0.3, 0.4) is 0 Å². The third kappa shape index (κ3) is 4.38. The molecule has 0 aliphatic carbocycles. The van der Waals surface area contributed by atoms with Gasteiger partial charge in [0.1, 0.15) is 5.75 Å². The molecule has 0 unspecified atom stereocenters. The maximum atomic E-state index is 11.9. The summed E-state index contributed by atoms with van der Waals surface area (Å²) in [5, 5.41) is 21.9. The van der Waals surface area contributed by atoms with Crippen molar-refractivity contribution >= 4 is 23.4 Å². The van der Waals surface area contributed by atoms with Gasteiger partial charge in [-0.3, -0.25) is 20.2 Å². The molecule has 0 atom stereocenters. The molecule has 0 bridgehead atoms. The van der Waals surface area contributed by atoms with E-state index in [2.05, 4.69) is 0 Å². The molecule has 128 valence electrons. The first-order chi connectivity index (χ1) is 11.9. The monoisotopic (exact) mass is 344 g/mol. The van der Waals surface area contributed by atoms with Gasteiger partial charge in [-0.2, -0.15) is 0 Å². The van der Waals surface area contributed by atoms with Gasteiger partial charge in [0.15, 0.2) is 0 Å². The molecule has 2 rings (SSSR count). The number of nitro groups is 2. The van der Waals surface area contributed by atoms with E-state index in [9.17, 15) is 25.0 Å². The SMILES string of the molecule is COc1ccc(OC(=O)/C=C/c2ccccc2[N+](=O)[O-])c([N+](=O)[O-])c1. The molecule has 9 nitrogen and oxygen atoms in total. The molecule has 25 heavy (non-hydrogen) atoms. The second-order valence-electron chi connectivity index (χ2n) is 4.66. The van der Waals surface area contributed by atoms with E-state index >= 15 is 0 Å². The minimum absolute atomic E-state index is 0.179. The molecule has 0 radical (unpaired) electrons. The maximum absolute atomic E-state index is 11.9. The van der Waals surface area contributed by atoms with Gasteiger partial charge >= 0.3 is 11.7 Å². The van der Waals surface area contributed by atoms with E-state index in [0.717, 1.165) is 12.1 Å². The lowest BCUT2D eigenvalue weighted by atomic mass is 10.1. The number of hydrogen-bond acceptors (Lipinski definition) is 7. The Balaban J connectivity index is 2.21. The molecule has 0 aliphatic rings. The Kier molecular flexibility index (Phi) is 5.41. The van der Waals surface area contributed by atoms with Gasteiger partial charge in [0.2, 0.25) is 5.75 Å². The van der Waals surface area contributed by atoms with Gasteiger partial charge in [-0.25, -0.2) is 4.79 Å². The molecule has 2 aromatic carbocycles. The third-order valence-corrected chi connectivity index (χ3v) is 3.11. The van der Waals surface area contributed by atoms with Crippen LogP contribution < -0.4 is 9.47 Å². The number of benzene rings is 2. The minimum Gasteiger partial charge on any atom is -0.496 e. The Bertz CT molecular complexity index is 861. The Hall–Kier alpha value is -3.75. The molecule has 0 saturated carbocycles. The zero-order chi connectivity index (χ0) is 18.4. The van der Waals surface area contributed by atoms with E-state index in [0.29, 0.717) is 0 Å². The molecule has 0 N–H and O–H groups in total. The molecule has 2 aromatic rings. The van der Waals surface area contributed by atoms with Gasteiger partial charge in [0, 0.05) is 12.1 Å². The summed E-state index contributed by atoms with van der Waals surface area (Å²) < 4.78 is 9.82. The van der Waals surface area contributed by atoms with Crippen LogP contribution in [0.2, 0.25) is 0 Å². The quantitative estimate of drug-likeness (QED) is 0.259. The highest BCUT2D eigenvalue weighted by Gasteiger charge is 2.18. The van der Waals surface area contributed by atoms with Crippen LogP contribution >= 0.6 is 0 Å². The second-order valence-corrected chi connectivity index (χ2v) is 4.66. The van der Waals surface area contributed by atoms with Crippen LogP contribution in [0, 0.1) is 20.2 Å². The lowest BCUT2D eigenvalue weighted by Crippen LogP contribution is -2.06. The lowest BCUT2D eigenvalue weighted by molar-refractivity contribution is -0.385. The van der Waals surface area contributed by atoms with Crippen molar-refractivity contribution in [1.29, 1.82) is 0 Å². The van der Waals surface area contributed by atoms with Crippen LogP contribution in [0.4, 0.5) is 11.4 Å². The highest BCUT2D eigenvalue weighted by molar-refractivity contribution is 5.90. The topological polar surface area (TPSA) is 122 Å². The Labute approximate surface area is 141 Å². The van der Waals surface area contributed by atoms with Crippen molar-refractivity contribution in [2.24, 2.45) is 0 Å². The van der Waals surface area contributed by atoms with E-state index < -0.39 is 21.5 Å². The van der Waals surface area contributed by atoms with Crippen molar-refractivity contribution in [2.45, 2.75) is 0 Å². The van der Waals surface area contributed by atoms with Crippen LogP contribution in [0.5, 0.6) is 11.5 Å². The van der Waals surface area contributed by atoms with Gasteiger partial charge in [-0.05, 0) is 24.3 Å². The van der Waals surface area contributed by atoms with Crippen molar-refractivity contribution < 1.29 is 24.1 Å². The fraction of sp³-hybridized carbons (Fsp3) is 0.0625. The van der Waals surface area contributed by atoms with Crippen molar-refractivity contribution in [1.82, 2.24) is 0 Å². The van der Waals surface area contributed by atoms with Crippen LogP contribution in [0.25, 0.3) is 6.08 Å². The van der Waals surface area contributed by atoms with Crippen molar-refractivity contribution in [3.63, 3.8) is 0 Å². The van der Waals surface area contributed by atoms with Crippen LogP contribution in [0.1, 0.15) is 5.56 Å². The van der Waals surface area contributed by atoms with E-state index in [1.807, 2.05) is 0 Å². The predicted octanol–water partition coefficient (Wildman–Crippen LogP) is 3.13. The summed E-state index contributed by atoms with van der Waals surface area (Å²) in [6.45, 7) is 0. The number of esters is 1. The first-order valence-electron chi connectivity index (χ1n) is 6.88. The summed E-state index contributed by atoms with van der Waals surface area (Å²) in [7, 11) is 1.35. The van der Waals surface area contributed by atoms with Crippen LogP contribution in [-0.2, 0) is 4.79 Å². The Morgan fingerprint density at radius 2 is 1.72 bits per heavy atom. The van der Waals surface area contributed by atoms with Crippen molar-refractivity contribution in [3.8, 4) is 11.5 Å². The summed E-state index contributed by atoms with van der Waals surface area (Å²) in [5.74, 6) is -0.934. The van der Waals surface area contributed by atoms with E-state index in [4.69, 9.17) is 9.47 Å². The average molecular weight is 344 g/mol. The first kappa shape index (κ1) is 17.6. The molecule has 0 aromatic heterocycles. The number of nitrogens with zero attached hydrogens (tertiary/aromatic N) is 2. The van der Waals surface area contributed by atoms with E-state index in [-0.39, 0.29) is 22.7 Å². The zero-order valence-electron chi connectivity index (χ0n) is 12.9. The summed E-state index contributed by atoms with van der Waals surface area (Å²) >= 11 is 0. The third-order valence-electron chi connectivity index (χ3n) is 3.11. The number of methoxy groups -OCH3 is 1. The molecule has 0 saturated heterocycles. The van der Waals surface area contributed by atoms with Crippen LogP contribution in [-0.4, -0.2) is 22.9 Å². The van der Waals surface area contributed by atoms with Crippen molar-refractivity contribution in [2.75, 3.05) is 7.11 Å². The minimum atomic E-state index is -0.911. The Morgan fingerprint density at radius 3 is 2.36 bits per heavy atom. The fourth-order valence-electron chi connectivity index (χ4n) is 1.95. The maximum Gasteiger partial charge on any atom is 0.336 e. The average Bonchev–Trinajstić information content (AvgIpc) is 2.60. The smallest absolute Gasteiger partial charge is 0.336 e. The number of nitro benzene ring substituents is 2. The number of carbonyl (C=O) groups excluding carboxylic acids is 1. The highest BCUT2D eigenvalue weighted by Crippen LogP contribution is 2.31. The van der Waals surface area contributed by atoms with Gasteiger partial charge in [0.05, 0.1) is 28.6 Å². The van der Waals surface area contributed by atoms with Gasteiger partial charge in [-0.15, -0.1) is 0 Å². The zero-order valence-corrected chi connectivity index (χ0v) is 12.9. The number of carbonyl (C=O) groups is 1. The second kappa shape index (κ2) is 7.68. The number of para-hydroxylation sites is 1. The van der Waals surface area contributed by atoms with Crippen molar-refractivity contribution in [3.05, 3.63) is 74.3 Å². The largest absolute Gasteiger partial charge is 0.496 e. The lowest BCUT2D eigenvalue weighted by Gasteiger charge is -2.05. The normalized spacial score (nSPS) is 10.4. The number of ether oxygens (including phenoxy) is 2. The molecule has 0 amide bonds. The van der Waals surface area contributed by atoms with Crippen LogP contribution in [0.15, 0.2) is 48.5 Å². The number of hydrogen-bond donors (Lipinski definition) is 0. The van der Waals surface area contributed by atoms with Gasteiger partial charge in [0.25, 0.3) is 5.69 Å². The molecule has 0 spiro atoms. The molecule has 0 fully saturated rings. The highest BCUT2D eigenvalue weighted by atomic mass is 16.6. The molecular weight excluding hydrogens is 332 g/mol. The van der Waals surface area contributed by atoms with Gasteiger partial charge < -0.3 is 9.47 Å². The summed E-state index contributed by atoms with van der Waals surface area (Å²) in [4.78, 5) is 32.5. The van der Waals surface area contributed by atoms with E-state index in [1.165, 1.54) is 43.5 Å². The standard InChI is InChI=1S/C16H12N2O7/c1-24-12-7-8-15(14(10-12)18(22)23)25-16(19)9-6-11-4-2-3-5-13(11)17(20)21/h2-10H,1H3/b9-6+. The Morgan fingerprint density at radius 1 is 1.04 bits per heavy atom. The van der Waals surface area contributed by atoms with Gasteiger partial charge in [-0.1, -0.05) is 12.1 Å². The summed E-state index contributed by atoms with van der Waals surface area (Å²) in [5.41, 5.74) is -0.414. The molecule has 0 aliphatic heterocycles. The molecule has 0 heterocycles. The van der Waals surface area contributed by atoms with E-state index in [1.54, 1.807) is 6.07 Å². The predicted molar refractivity (Wildman–Crippen MR) is 87.4 cm³/mol. The fourth-order valence-corrected chi connectivity index (χ4v) is 1.95. The summed E-state index contributed by atoms with van der Waals surface area (Å²) in [6.07, 6.45) is 2.16. The number of rotatable bonds is 6. The summed E-state index contributed by atoms with van der Waals surface area (Å²) in [6, 6.07) is 9.57.